The second-order valence-corrected chi connectivity index (χ2v) is 6.08. The van der Waals surface area contributed by atoms with Gasteiger partial charge in [0.1, 0.15) is 11.5 Å². The molecule has 1 unspecified atom stereocenters. The molecule has 6 heteroatoms. The van der Waals surface area contributed by atoms with Crippen LogP contribution >= 0.6 is 0 Å². The van der Waals surface area contributed by atoms with Gasteiger partial charge in [0.05, 0.1) is 24.8 Å². The van der Waals surface area contributed by atoms with Crippen molar-refractivity contribution in [3.63, 3.8) is 0 Å². The first-order chi connectivity index (χ1) is 13.1. The molecule has 1 atom stereocenters. The standard InChI is InChI=1S/C21H21NO5/c1-2-27-16-10-8-14(9-11-16)18-17(19(24)15-6-4-3-5-7-15)20(25)21(26)22(18)12-13-23/h3-11,18,23-24H,2,12-13H2,1H3/b19-17+. The average molecular weight is 367 g/mol. The zero-order valence-electron chi connectivity index (χ0n) is 15.0. The number of β-amino-alcohol motifs (C(OH)–C–C–N with tert-alkyl or cyclic N) is 1. The molecule has 0 radical (unpaired) electrons. The van der Waals surface area contributed by atoms with Gasteiger partial charge in [-0.05, 0) is 24.6 Å². The number of aliphatic hydroxyl groups is 2. The lowest BCUT2D eigenvalue weighted by atomic mass is 9.95. The van der Waals surface area contributed by atoms with Crippen molar-refractivity contribution < 1.29 is 24.5 Å². The summed E-state index contributed by atoms with van der Waals surface area (Å²) in [7, 11) is 0. The summed E-state index contributed by atoms with van der Waals surface area (Å²) in [4.78, 5) is 26.4. The summed E-state index contributed by atoms with van der Waals surface area (Å²) in [6.07, 6.45) is 0. The second-order valence-electron chi connectivity index (χ2n) is 6.08. The van der Waals surface area contributed by atoms with Crippen LogP contribution in [-0.4, -0.2) is 46.6 Å². The number of likely N-dealkylation sites (tertiary alicyclic amines) is 1. The Hall–Kier alpha value is -3.12. The summed E-state index contributed by atoms with van der Waals surface area (Å²) in [5, 5.41) is 20.1. The number of carbonyl (C=O) groups excluding carboxylic acids is 2. The highest BCUT2D eigenvalue weighted by atomic mass is 16.5. The maximum atomic E-state index is 12.6. The van der Waals surface area contributed by atoms with Crippen LogP contribution in [0.15, 0.2) is 60.2 Å². The van der Waals surface area contributed by atoms with Gasteiger partial charge in [0.15, 0.2) is 0 Å². The van der Waals surface area contributed by atoms with E-state index in [1.165, 1.54) is 4.90 Å². The SMILES string of the molecule is CCOc1ccc(C2/C(=C(\O)c3ccccc3)C(=O)C(=O)N2CCO)cc1. The van der Waals surface area contributed by atoms with Crippen molar-refractivity contribution in [2.24, 2.45) is 0 Å². The summed E-state index contributed by atoms with van der Waals surface area (Å²) >= 11 is 0. The normalized spacial score (nSPS) is 18.7. The number of ketones is 1. The number of hydrogen-bond acceptors (Lipinski definition) is 5. The summed E-state index contributed by atoms with van der Waals surface area (Å²) in [5.74, 6) is -1.05. The molecule has 3 rings (SSSR count). The maximum absolute atomic E-state index is 12.6. The van der Waals surface area contributed by atoms with Gasteiger partial charge in [0, 0.05) is 12.1 Å². The molecular weight excluding hydrogens is 346 g/mol. The van der Waals surface area contributed by atoms with E-state index < -0.39 is 17.7 Å². The molecule has 1 fully saturated rings. The second kappa shape index (κ2) is 8.05. The number of hydrogen-bond donors (Lipinski definition) is 2. The van der Waals surface area contributed by atoms with E-state index >= 15 is 0 Å². The number of aliphatic hydroxyl groups excluding tert-OH is 2. The number of benzene rings is 2. The number of carbonyl (C=O) groups is 2. The Labute approximate surface area is 157 Å². The first-order valence-corrected chi connectivity index (χ1v) is 8.76. The van der Waals surface area contributed by atoms with Gasteiger partial charge in [-0.2, -0.15) is 0 Å². The maximum Gasteiger partial charge on any atom is 0.295 e. The average Bonchev–Trinajstić information content (AvgIpc) is 2.94. The van der Waals surface area contributed by atoms with Crippen LogP contribution in [0, 0.1) is 0 Å². The van der Waals surface area contributed by atoms with Crippen LogP contribution < -0.4 is 4.74 Å². The Balaban J connectivity index is 2.11. The molecule has 1 saturated heterocycles. The van der Waals surface area contributed by atoms with Gasteiger partial charge in [-0.15, -0.1) is 0 Å². The molecule has 2 aromatic carbocycles. The van der Waals surface area contributed by atoms with Crippen LogP contribution in [0.3, 0.4) is 0 Å². The van der Waals surface area contributed by atoms with E-state index in [1.807, 2.05) is 6.92 Å². The molecule has 140 valence electrons. The summed E-state index contributed by atoms with van der Waals surface area (Å²) in [5.41, 5.74) is 1.13. The highest BCUT2D eigenvalue weighted by Crippen LogP contribution is 2.39. The minimum atomic E-state index is -0.770. The molecule has 1 amide bonds. The van der Waals surface area contributed by atoms with Crippen molar-refractivity contribution in [2.45, 2.75) is 13.0 Å². The predicted molar refractivity (Wildman–Crippen MR) is 100 cm³/mol. The minimum absolute atomic E-state index is 0.00593. The predicted octanol–water partition coefficient (Wildman–Crippen LogP) is 2.50. The number of rotatable bonds is 6. The van der Waals surface area contributed by atoms with Crippen molar-refractivity contribution >= 4 is 17.4 Å². The molecule has 6 nitrogen and oxygen atoms in total. The number of nitrogens with zero attached hydrogens (tertiary/aromatic N) is 1. The molecule has 0 saturated carbocycles. The van der Waals surface area contributed by atoms with Crippen LogP contribution in [0.25, 0.3) is 5.76 Å². The Bertz CT molecular complexity index is 858. The van der Waals surface area contributed by atoms with Crippen molar-refractivity contribution in [1.29, 1.82) is 0 Å². The molecule has 1 heterocycles. The number of amides is 1. The van der Waals surface area contributed by atoms with Gasteiger partial charge in [-0.1, -0.05) is 42.5 Å². The summed E-state index contributed by atoms with van der Waals surface area (Å²) < 4.78 is 5.43. The van der Waals surface area contributed by atoms with Gasteiger partial charge < -0.3 is 19.8 Å². The molecule has 0 aromatic heterocycles. The molecule has 2 N–H and O–H groups in total. The molecule has 0 aliphatic carbocycles. The topological polar surface area (TPSA) is 87.1 Å². The third kappa shape index (κ3) is 3.57. The Kier molecular flexibility index (Phi) is 5.57. The van der Waals surface area contributed by atoms with Gasteiger partial charge in [0.2, 0.25) is 0 Å². The van der Waals surface area contributed by atoms with Gasteiger partial charge in [-0.25, -0.2) is 0 Å². The lowest BCUT2D eigenvalue weighted by molar-refractivity contribution is -0.140. The van der Waals surface area contributed by atoms with E-state index in [-0.39, 0.29) is 24.5 Å². The van der Waals surface area contributed by atoms with Crippen molar-refractivity contribution in [3.8, 4) is 5.75 Å². The Morgan fingerprint density at radius 3 is 2.33 bits per heavy atom. The third-order valence-electron chi connectivity index (χ3n) is 4.43. The monoisotopic (exact) mass is 367 g/mol. The molecule has 1 aliphatic rings. The quantitative estimate of drug-likeness (QED) is 0.465. The van der Waals surface area contributed by atoms with Crippen LogP contribution in [0.4, 0.5) is 0 Å². The van der Waals surface area contributed by atoms with E-state index in [0.29, 0.717) is 23.5 Å². The number of ether oxygens (including phenoxy) is 1. The van der Waals surface area contributed by atoms with E-state index in [1.54, 1.807) is 54.6 Å². The van der Waals surface area contributed by atoms with E-state index in [9.17, 15) is 19.8 Å². The van der Waals surface area contributed by atoms with Crippen LogP contribution in [0.2, 0.25) is 0 Å². The van der Waals surface area contributed by atoms with Gasteiger partial charge in [-0.3, -0.25) is 9.59 Å². The first kappa shape index (κ1) is 18.7. The summed E-state index contributed by atoms with van der Waals surface area (Å²) in [6.45, 7) is 2.11. The largest absolute Gasteiger partial charge is 0.507 e. The van der Waals surface area contributed by atoms with E-state index in [2.05, 4.69) is 0 Å². The molecule has 27 heavy (non-hydrogen) atoms. The minimum Gasteiger partial charge on any atom is -0.507 e. The first-order valence-electron chi connectivity index (χ1n) is 8.76. The van der Waals surface area contributed by atoms with E-state index in [0.717, 1.165) is 0 Å². The lowest BCUT2D eigenvalue weighted by Crippen LogP contribution is -2.32. The van der Waals surface area contributed by atoms with E-state index in [4.69, 9.17) is 4.74 Å². The number of Topliss-reactive ketones (excluding diaryl/α,β-unsaturated/α-hetero) is 1. The Morgan fingerprint density at radius 2 is 1.74 bits per heavy atom. The smallest absolute Gasteiger partial charge is 0.295 e. The fourth-order valence-electron chi connectivity index (χ4n) is 3.23. The molecule has 1 aliphatic heterocycles. The van der Waals surface area contributed by atoms with Gasteiger partial charge >= 0.3 is 0 Å². The fraction of sp³-hybridized carbons (Fsp3) is 0.238. The van der Waals surface area contributed by atoms with Crippen LogP contribution in [-0.2, 0) is 9.59 Å². The molecule has 0 bridgehead atoms. The van der Waals surface area contributed by atoms with Crippen molar-refractivity contribution in [1.82, 2.24) is 4.90 Å². The van der Waals surface area contributed by atoms with Crippen molar-refractivity contribution in [3.05, 3.63) is 71.3 Å². The van der Waals surface area contributed by atoms with Crippen molar-refractivity contribution in [2.75, 3.05) is 19.8 Å². The summed E-state index contributed by atoms with van der Waals surface area (Å²) in [6, 6.07) is 14.9. The highest BCUT2D eigenvalue weighted by molar-refractivity contribution is 6.46. The highest BCUT2D eigenvalue weighted by Gasteiger charge is 2.45. The zero-order chi connectivity index (χ0) is 19.4. The third-order valence-corrected chi connectivity index (χ3v) is 4.43. The molecule has 0 spiro atoms. The zero-order valence-corrected chi connectivity index (χ0v) is 15.0. The fourth-order valence-corrected chi connectivity index (χ4v) is 3.23. The lowest BCUT2D eigenvalue weighted by Gasteiger charge is -2.24. The van der Waals surface area contributed by atoms with Crippen LogP contribution in [0.5, 0.6) is 5.75 Å². The molecular formula is C21H21NO5. The molecule has 2 aromatic rings. The van der Waals surface area contributed by atoms with Crippen LogP contribution in [0.1, 0.15) is 24.1 Å². The van der Waals surface area contributed by atoms with Gasteiger partial charge in [0.25, 0.3) is 11.7 Å². The Morgan fingerprint density at radius 1 is 1.07 bits per heavy atom.